The van der Waals surface area contributed by atoms with Crippen LogP contribution in [0.5, 0.6) is 0 Å². The number of rotatable bonds is 6. The van der Waals surface area contributed by atoms with Gasteiger partial charge in [-0.15, -0.1) is 0 Å². The van der Waals surface area contributed by atoms with Gasteiger partial charge in [0.15, 0.2) is 0 Å². The summed E-state index contributed by atoms with van der Waals surface area (Å²) in [6.07, 6.45) is 5.53. The molecular formula is C19H35N3O. The van der Waals surface area contributed by atoms with Gasteiger partial charge in [-0.2, -0.15) is 0 Å². The van der Waals surface area contributed by atoms with Crippen molar-refractivity contribution in [2.45, 2.75) is 53.0 Å². The highest BCUT2D eigenvalue weighted by Gasteiger charge is 2.30. The standard InChI is InChI=1S/C19H35N3O/c1-15(2)11-19(23)20-12-17-5-10-22(14-17)18-6-8-21(9-7-18)13-16(3)4/h11,16-18H,5-10,12-14H2,1-4H3,(H,20,23)/t17-/m0/s1. The molecule has 0 saturated carbocycles. The van der Waals surface area contributed by atoms with Gasteiger partial charge >= 0.3 is 0 Å². The highest BCUT2D eigenvalue weighted by atomic mass is 16.1. The molecule has 4 heteroatoms. The molecule has 0 aliphatic carbocycles. The maximum atomic E-state index is 11.7. The van der Waals surface area contributed by atoms with E-state index in [4.69, 9.17) is 0 Å². The van der Waals surface area contributed by atoms with Crippen LogP contribution in [0.25, 0.3) is 0 Å². The Kier molecular flexibility index (Phi) is 7.09. The van der Waals surface area contributed by atoms with Crippen LogP contribution in [-0.4, -0.2) is 61.0 Å². The summed E-state index contributed by atoms with van der Waals surface area (Å²) in [5.74, 6) is 1.45. The fraction of sp³-hybridized carbons (Fsp3) is 0.842. The van der Waals surface area contributed by atoms with Gasteiger partial charge < -0.3 is 10.2 Å². The molecule has 2 saturated heterocycles. The van der Waals surface area contributed by atoms with Gasteiger partial charge in [0.05, 0.1) is 0 Å². The molecule has 2 fully saturated rings. The van der Waals surface area contributed by atoms with E-state index in [0.29, 0.717) is 5.92 Å². The normalized spacial score (nSPS) is 24.1. The molecule has 0 bridgehead atoms. The Labute approximate surface area is 142 Å². The van der Waals surface area contributed by atoms with Crippen molar-refractivity contribution >= 4 is 5.91 Å². The highest BCUT2D eigenvalue weighted by Crippen LogP contribution is 2.24. The molecule has 0 aromatic heterocycles. The van der Waals surface area contributed by atoms with Gasteiger partial charge in [-0.05, 0) is 64.6 Å². The maximum absolute atomic E-state index is 11.7. The molecule has 0 unspecified atom stereocenters. The Balaban J connectivity index is 1.68. The van der Waals surface area contributed by atoms with Gasteiger partial charge in [-0.25, -0.2) is 0 Å². The van der Waals surface area contributed by atoms with E-state index in [1.54, 1.807) is 6.08 Å². The van der Waals surface area contributed by atoms with Crippen LogP contribution in [0.3, 0.4) is 0 Å². The predicted molar refractivity (Wildman–Crippen MR) is 96.4 cm³/mol. The largest absolute Gasteiger partial charge is 0.352 e. The zero-order chi connectivity index (χ0) is 16.8. The molecule has 2 heterocycles. The average molecular weight is 322 g/mol. The zero-order valence-electron chi connectivity index (χ0n) is 15.5. The van der Waals surface area contributed by atoms with Crippen LogP contribution in [0.4, 0.5) is 0 Å². The first-order chi connectivity index (χ1) is 10.9. The monoisotopic (exact) mass is 321 g/mol. The number of allylic oxidation sites excluding steroid dienone is 1. The molecule has 0 spiro atoms. The second-order valence-electron chi connectivity index (χ2n) is 8.04. The Bertz CT molecular complexity index is 407. The number of likely N-dealkylation sites (tertiary alicyclic amines) is 2. The van der Waals surface area contributed by atoms with E-state index < -0.39 is 0 Å². The zero-order valence-corrected chi connectivity index (χ0v) is 15.5. The number of nitrogens with one attached hydrogen (secondary N) is 1. The minimum absolute atomic E-state index is 0.0606. The van der Waals surface area contributed by atoms with Crippen molar-refractivity contribution in [2.75, 3.05) is 39.3 Å². The number of hydrogen-bond donors (Lipinski definition) is 1. The van der Waals surface area contributed by atoms with E-state index in [0.717, 1.165) is 30.6 Å². The molecule has 0 radical (unpaired) electrons. The SMILES string of the molecule is CC(C)=CC(=O)NC[C@@H]1CCN(C2CCN(CC(C)C)CC2)C1. The second-order valence-corrected chi connectivity index (χ2v) is 8.04. The van der Waals surface area contributed by atoms with Crippen LogP contribution in [0, 0.1) is 11.8 Å². The van der Waals surface area contributed by atoms with Crippen LogP contribution in [0.15, 0.2) is 11.6 Å². The molecule has 1 amide bonds. The Morgan fingerprint density at radius 2 is 1.87 bits per heavy atom. The van der Waals surface area contributed by atoms with Crippen molar-refractivity contribution in [3.63, 3.8) is 0 Å². The van der Waals surface area contributed by atoms with Crippen molar-refractivity contribution in [1.82, 2.24) is 15.1 Å². The predicted octanol–water partition coefficient (Wildman–Crippen LogP) is 2.51. The van der Waals surface area contributed by atoms with E-state index in [1.165, 1.54) is 45.4 Å². The van der Waals surface area contributed by atoms with Crippen molar-refractivity contribution in [3.05, 3.63) is 11.6 Å². The van der Waals surface area contributed by atoms with Crippen LogP contribution >= 0.6 is 0 Å². The first-order valence-corrected chi connectivity index (χ1v) is 9.33. The maximum Gasteiger partial charge on any atom is 0.243 e. The lowest BCUT2D eigenvalue weighted by molar-refractivity contribution is -0.116. The second kappa shape index (κ2) is 8.84. The average Bonchev–Trinajstić information content (AvgIpc) is 2.93. The van der Waals surface area contributed by atoms with Gasteiger partial charge in [-0.1, -0.05) is 19.4 Å². The summed E-state index contributed by atoms with van der Waals surface area (Å²) in [6.45, 7) is 15.5. The summed E-state index contributed by atoms with van der Waals surface area (Å²) in [6, 6.07) is 0.761. The lowest BCUT2D eigenvalue weighted by atomic mass is 10.0. The molecule has 1 atom stereocenters. The molecule has 0 aromatic rings. The summed E-state index contributed by atoms with van der Waals surface area (Å²) < 4.78 is 0. The van der Waals surface area contributed by atoms with Crippen molar-refractivity contribution in [3.8, 4) is 0 Å². The van der Waals surface area contributed by atoms with Gasteiger partial charge in [0, 0.05) is 31.8 Å². The number of carbonyl (C=O) groups excluding carboxylic acids is 1. The lowest BCUT2D eigenvalue weighted by Gasteiger charge is -2.37. The van der Waals surface area contributed by atoms with Crippen molar-refractivity contribution in [2.24, 2.45) is 11.8 Å². The number of amides is 1. The molecule has 2 aliphatic heterocycles. The van der Waals surface area contributed by atoms with Crippen LogP contribution in [0.1, 0.15) is 47.0 Å². The number of hydrogen-bond acceptors (Lipinski definition) is 3. The molecule has 1 N–H and O–H groups in total. The Hall–Kier alpha value is -0.870. The van der Waals surface area contributed by atoms with E-state index in [9.17, 15) is 4.79 Å². The third-order valence-corrected chi connectivity index (χ3v) is 5.00. The topological polar surface area (TPSA) is 35.6 Å². The molecule has 23 heavy (non-hydrogen) atoms. The summed E-state index contributed by atoms with van der Waals surface area (Å²) >= 11 is 0. The van der Waals surface area contributed by atoms with Gasteiger partial charge in [0.25, 0.3) is 0 Å². The summed E-state index contributed by atoms with van der Waals surface area (Å²) in [5.41, 5.74) is 1.06. The highest BCUT2D eigenvalue weighted by molar-refractivity contribution is 5.87. The fourth-order valence-corrected chi connectivity index (χ4v) is 3.90. The van der Waals surface area contributed by atoms with E-state index >= 15 is 0 Å². The van der Waals surface area contributed by atoms with Crippen LogP contribution < -0.4 is 5.32 Å². The third-order valence-electron chi connectivity index (χ3n) is 5.00. The van der Waals surface area contributed by atoms with Crippen LogP contribution in [0.2, 0.25) is 0 Å². The first-order valence-electron chi connectivity index (χ1n) is 9.33. The summed E-state index contributed by atoms with van der Waals surface area (Å²) in [5, 5.41) is 3.06. The molecule has 132 valence electrons. The molecule has 2 aliphatic rings. The first kappa shape index (κ1) is 18.5. The molecular weight excluding hydrogens is 286 g/mol. The summed E-state index contributed by atoms with van der Waals surface area (Å²) in [7, 11) is 0. The van der Waals surface area contributed by atoms with Crippen molar-refractivity contribution < 1.29 is 4.79 Å². The molecule has 2 rings (SSSR count). The molecule has 0 aromatic carbocycles. The minimum Gasteiger partial charge on any atom is -0.352 e. The number of carbonyl (C=O) groups is 1. The fourth-order valence-electron chi connectivity index (χ4n) is 3.90. The summed E-state index contributed by atoms with van der Waals surface area (Å²) in [4.78, 5) is 17.0. The van der Waals surface area contributed by atoms with E-state index in [1.807, 2.05) is 13.8 Å². The van der Waals surface area contributed by atoms with E-state index in [-0.39, 0.29) is 5.91 Å². The lowest BCUT2D eigenvalue weighted by Crippen LogP contribution is -2.45. The molecule has 4 nitrogen and oxygen atoms in total. The van der Waals surface area contributed by atoms with Crippen LogP contribution in [-0.2, 0) is 4.79 Å². The number of piperidine rings is 1. The van der Waals surface area contributed by atoms with Crippen molar-refractivity contribution in [1.29, 1.82) is 0 Å². The van der Waals surface area contributed by atoms with Gasteiger partial charge in [0.1, 0.15) is 0 Å². The number of nitrogens with zero attached hydrogens (tertiary/aromatic N) is 2. The van der Waals surface area contributed by atoms with E-state index in [2.05, 4.69) is 29.0 Å². The smallest absolute Gasteiger partial charge is 0.243 e. The third kappa shape index (κ3) is 6.27. The Morgan fingerprint density at radius 3 is 2.48 bits per heavy atom. The Morgan fingerprint density at radius 1 is 1.17 bits per heavy atom. The van der Waals surface area contributed by atoms with Gasteiger partial charge in [0.2, 0.25) is 5.91 Å². The minimum atomic E-state index is 0.0606. The van der Waals surface area contributed by atoms with Gasteiger partial charge in [-0.3, -0.25) is 9.69 Å². The quantitative estimate of drug-likeness (QED) is 0.764.